The molecule has 0 aliphatic carbocycles. The van der Waals surface area contributed by atoms with Crippen LogP contribution < -0.4 is 10.6 Å². The summed E-state index contributed by atoms with van der Waals surface area (Å²) >= 11 is -1.03. The maximum absolute atomic E-state index is 13.4. The number of carbonyl (C=O) groups is 1. The number of urea groups is 1. The van der Waals surface area contributed by atoms with Crippen molar-refractivity contribution in [1.82, 2.24) is 15.5 Å². The summed E-state index contributed by atoms with van der Waals surface area (Å²) in [7, 11) is 0. The molecular formula is C23H29AsF3N3O. The van der Waals surface area contributed by atoms with Crippen LogP contribution in [0.3, 0.4) is 0 Å². The van der Waals surface area contributed by atoms with Crippen molar-refractivity contribution in [2.75, 3.05) is 13.1 Å². The van der Waals surface area contributed by atoms with E-state index in [0.717, 1.165) is 36.3 Å². The molecule has 0 saturated heterocycles. The Morgan fingerprint density at radius 1 is 1.13 bits per heavy atom. The fourth-order valence-electron chi connectivity index (χ4n) is 3.77. The first-order valence-corrected chi connectivity index (χ1v) is 15.5. The molecule has 1 aliphatic heterocycles. The molecule has 0 atom stereocenters. The number of hydrogen-bond donors (Lipinski definition) is 2. The van der Waals surface area contributed by atoms with Crippen molar-refractivity contribution >= 4 is 20.7 Å². The fourth-order valence-corrected chi connectivity index (χ4v) is 5.12. The summed E-state index contributed by atoms with van der Waals surface area (Å²) in [6.07, 6.45) is -3.54. The molecule has 2 aromatic rings. The molecule has 4 nitrogen and oxygen atoms in total. The average molecular weight is 495 g/mol. The van der Waals surface area contributed by atoms with Gasteiger partial charge in [0.1, 0.15) is 0 Å². The van der Waals surface area contributed by atoms with Gasteiger partial charge in [0.15, 0.2) is 0 Å². The molecule has 8 heteroatoms. The number of alkyl halides is 3. The summed E-state index contributed by atoms with van der Waals surface area (Å²) < 4.78 is 40.3. The first kappa shape index (κ1) is 23.7. The molecule has 0 unspecified atom stereocenters. The van der Waals surface area contributed by atoms with E-state index in [9.17, 15) is 18.0 Å². The Morgan fingerprint density at radius 3 is 2.61 bits per heavy atom. The molecule has 31 heavy (non-hydrogen) atoms. The van der Waals surface area contributed by atoms with E-state index >= 15 is 0 Å². The van der Waals surface area contributed by atoms with Crippen molar-refractivity contribution in [3.63, 3.8) is 0 Å². The summed E-state index contributed by atoms with van der Waals surface area (Å²) in [4.78, 5) is 14.5. The van der Waals surface area contributed by atoms with Crippen molar-refractivity contribution in [3.05, 3.63) is 70.3 Å². The summed E-state index contributed by atoms with van der Waals surface area (Å²) in [5, 5.41) is 7.15. The zero-order chi connectivity index (χ0) is 22.4. The van der Waals surface area contributed by atoms with Crippen LogP contribution >= 0.6 is 0 Å². The summed E-state index contributed by atoms with van der Waals surface area (Å²) in [5.41, 5.74) is 7.36. The standard InChI is InChI=1S/C23H29AsF3N3O/c1-24(2)11-13-30(16-19-6-3-4-9-21(19)23(25,26)27)22(31)29-15-18-8-5-7-17-14-28-12-10-20(17)18/h3-9,28H,10-16H2,1-2H3,(H,29,31). The second-order valence-corrected chi connectivity index (χ2v) is 13.5. The second kappa shape index (κ2) is 10.6. The van der Waals surface area contributed by atoms with Gasteiger partial charge in [0, 0.05) is 0 Å². The third-order valence-electron chi connectivity index (χ3n) is 5.46. The van der Waals surface area contributed by atoms with Crippen LogP contribution in [0.5, 0.6) is 0 Å². The Balaban J connectivity index is 1.74. The summed E-state index contributed by atoms with van der Waals surface area (Å²) in [6.45, 7) is 2.50. The molecule has 2 N–H and O–H groups in total. The Bertz CT molecular complexity index is 902. The molecule has 0 spiro atoms. The number of nitrogens with zero attached hydrogens (tertiary/aromatic N) is 1. The molecule has 168 valence electrons. The molecule has 2 aromatic carbocycles. The van der Waals surface area contributed by atoms with E-state index in [2.05, 4.69) is 28.1 Å². The molecule has 0 aromatic heterocycles. The van der Waals surface area contributed by atoms with Crippen molar-refractivity contribution in [2.45, 2.75) is 48.9 Å². The van der Waals surface area contributed by atoms with E-state index in [1.165, 1.54) is 28.2 Å². The minimum atomic E-state index is -4.44. The Morgan fingerprint density at radius 2 is 1.87 bits per heavy atom. The van der Waals surface area contributed by atoms with Crippen molar-refractivity contribution in [2.24, 2.45) is 0 Å². The van der Waals surface area contributed by atoms with Gasteiger partial charge >= 0.3 is 186 Å². The van der Waals surface area contributed by atoms with E-state index in [0.29, 0.717) is 13.1 Å². The monoisotopic (exact) mass is 495 g/mol. The maximum atomic E-state index is 13.4. The first-order chi connectivity index (χ1) is 14.8. The van der Waals surface area contributed by atoms with E-state index in [-0.39, 0.29) is 18.1 Å². The molecular weight excluding hydrogens is 466 g/mol. The third kappa shape index (κ3) is 6.50. The van der Waals surface area contributed by atoms with Crippen molar-refractivity contribution < 1.29 is 18.0 Å². The average Bonchev–Trinajstić information content (AvgIpc) is 2.74. The number of amides is 2. The zero-order valence-electron chi connectivity index (χ0n) is 17.9. The predicted octanol–water partition coefficient (Wildman–Crippen LogP) is 4.82. The number of benzene rings is 2. The summed E-state index contributed by atoms with van der Waals surface area (Å²) in [5.74, 6) is 0. The van der Waals surface area contributed by atoms with Crippen LogP contribution in [0.1, 0.15) is 27.8 Å². The van der Waals surface area contributed by atoms with Crippen molar-refractivity contribution in [3.8, 4) is 0 Å². The predicted molar refractivity (Wildman–Crippen MR) is 118 cm³/mol. The Kier molecular flexibility index (Phi) is 8.06. The SMILES string of the molecule is C[As](C)CCN(Cc1ccccc1C(F)(F)F)C(=O)NCc1cccc2c1CCNC2. The summed E-state index contributed by atoms with van der Waals surface area (Å²) in [6, 6.07) is 11.3. The van der Waals surface area contributed by atoms with Crippen LogP contribution in [0.15, 0.2) is 42.5 Å². The molecule has 0 radical (unpaired) electrons. The van der Waals surface area contributed by atoms with Gasteiger partial charge in [-0.25, -0.2) is 0 Å². The molecule has 3 rings (SSSR count). The molecule has 0 bridgehead atoms. The number of carbonyl (C=O) groups excluding carboxylic acids is 1. The quantitative estimate of drug-likeness (QED) is 0.542. The minimum absolute atomic E-state index is 0.0550. The number of fused-ring (bicyclic) bond motifs is 1. The number of rotatable bonds is 7. The molecule has 0 saturated carbocycles. The van der Waals surface area contributed by atoms with E-state index < -0.39 is 26.4 Å². The van der Waals surface area contributed by atoms with E-state index in [4.69, 9.17) is 0 Å². The van der Waals surface area contributed by atoms with Gasteiger partial charge in [-0.1, -0.05) is 0 Å². The normalized spacial score (nSPS) is 13.7. The van der Waals surface area contributed by atoms with Gasteiger partial charge in [0.2, 0.25) is 0 Å². The van der Waals surface area contributed by atoms with Gasteiger partial charge in [-0.2, -0.15) is 0 Å². The van der Waals surface area contributed by atoms with Crippen molar-refractivity contribution in [1.29, 1.82) is 0 Å². The van der Waals surface area contributed by atoms with Crippen LogP contribution in [-0.2, 0) is 32.2 Å². The van der Waals surface area contributed by atoms with Crippen LogP contribution in [0.25, 0.3) is 0 Å². The Labute approximate surface area is 186 Å². The van der Waals surface area contributed by atoms with Gasteiger partial charge < -0.3 is 0 Å². The molecule has 1 heterocycles. The number of nitrogens with one attached hydrogen (secondary N) is 2. The van der Waals surface area contributed by atoms with Crippen LogP contribution in [-0.4, -0.2) is 38.7 Å². The Hall–Kier alpha value is -1.98. The first-order valence-electron chi connectivity index (χ1n) is 10.4. The zero-order valence-corrected chi connectivity index (χ0v) is 19.8. The topological polar surface area (TPSA) is 44.4 Å². The number of hydrogen-bond acceptors (Lipinski definition) is 2. The van der Waals surface area contributed by atoms with Crippen LogP contribution in [0.2, 0.25) is 16.6 Å². The second-order valence-electron chi connectivity index (χ2n) is 8.02. The molecule has 2 amide bonds. The van der Waals surface area contributed by atoms with Crippen LogP contribution in [0.4, 0.5) is 18.0 Å². The van der Waals surface area contributed by atoms with Gasteiger partial charge in [-0.05, 0) is 0 Å². The van der Waals surface area contributed by atoms with Gasteiger partial charge in [0.25, 0.3) is 0 Å². The van der Waals surface area contributed by atoms with Gasteiger partial charge in [-0.15, -0.1) is 0 Å². The number of halogens is 3. The fraction of sp³-hybridized carbons (Fsp3) is 0.435. The van der Waals surface area contributed by atoms with Gasteiger partial charge in [0.05, 0.1) is 0 Å². The van der Waals surface area contributed by atoms with E-state index in [1.54, 1.807) is 6.07 Å². The third-order valence-corrected chi connectivity index (χ3v) is 7.75. The van der Waals surface area contributed by atoms with Gasteiger partial charge in [-0.3, -0.25) is 0 Å². The molecule has 0 fully saturated rings. The molecule has 1 aliphatic rings. The van der Waals surface area contributed by atoms with Crippen LogP contribution in [0, 0.1) is 0 Å². The van der Waals surface area contributed by atoms with E-state index in [1.807, 2.05) is 12.1 Å².